The van der Waals surface area contributed by atoms with E-state index in [9.17, 15) is 4.79 Å². The Morgan fingerprint density at radius 1 is 0.818 bits per heavy atom. The molecule has 3 nitrogen and oxygen atoms in total. The average molecular weight is 448 g/mol. The summed E-state index contributed by atoms with van der Waals surface area (Å²) in [5.41, 5.74) is 2.41. The Bertz CT molecular complexity index is 805. The third-order valence-corrected chi connectivity index (χ3v) is 6.59. The van der Waals surface area contributed by atoms with Crippen LogP contribution in [0, 0.1) is 5.92 Å². The van der Waals surface area contributed by atoms with E-state index in [1.807, 2.05) is 0 Å². The van der Waals surface area contributed by atoms with Crippen LogP contribution in [0.1, 0.15) is 89.2 Å². The zero-order chi connectivity index (χ0) is 23.1. The number of para-hydroxylation sites is 1. The number of unbranched alkanes of at least 4 members (excludes halogenated alkanes) is 8. The summed E-state index contributed by atoms with van der Waals surface area (Å²) in [6.07, 6.45) is 18.5. The van der Waals surface area contributed by atoms with Crippen LogP contribution >= 0.6 is 0 Å². The van der Waals surface area contributed by atoms with Crippen molar-refractivity contribution < 1.29 is 9.63 Å². The molecule has 33 heavy (non-hydrogen) atoms. The summed E-state index contributed by atoms with van der Waals surface area (Å²) in [5.74, 6) is 0.314. The maximum absolute atomic E-state index is 10.6. The van der Waals surface area contributed by atoms with Crippen LogP contribution in [0.2, 0.25) is 0 Å². The van der Waals surface area contributed by atoms with Crippen LogP contribution in [0.4, 0.5) is 5.69 Å². The van der Waals surface area contributed by atoms with E-state index in [0.29, 0.717) is 12.3 Å². The number of aldehydes is 1. The smallest absolute Gasteiger partial charge is 0.119 e. The lowest BCUT2D eigenvalue weighted by atomic mass is 9.86. The van der Waals surface area contributed by atoms with Gasteiger partial charge in [-0.15, -0.1) is 0 Å². The van der Waals surface area contributed by atoms with Crippen molar-refractivity contribution in [2.75, 3.05) is 5.06 Å². The summed E-state index contributed by atoms with van der Waals surface area (Å²) in [6.45, 7) is 2.26. The number of benzene rings is 2. The molecule has 3 atom stereocenters. The van der Waals surface area contributed by atoms with Gasteiger partial charge in [0.2, 0.25) is 0 Å². The van der Waals surface area contributed by atoms with Gasteiger partial charge >= 0.3 is 0 Å². The Hall–Kier alpha value is -2.39. The van der Waals surface area contributed by atoms with E-state index in [1.54, 1.807) is 0 Å². The van der Waals surface area contributed by atoms with Crippen molar-refractivity contribution in [3.63, 3.8) is 0 Å². The number of nitrogens with zero attached hydrogens (tertiary/aromatic N) is 1. The molecule has 0 N–H and O–H groups in total. The number of anilines is 1. The molecule has 0 spiro atoms. The summed E-state index contributed by atoms with van der Waals surface area (Å²) < 4.78 is 0. The van der Waals surface area contributed by atoms with Crippen LogP contribution < -0.4 is 5.06 Å². The number of hydrogen-bond acceptors (Lipinski definition) is 3. The molecule has 0 bridgehead atoms. The van der Waals surface area contributed by atoms with E-state index in [-0.39, 0.29) is 12.1 Å². The highest BCUT2D eigenvalue weighted by atomic mass is 16.7. The van der Waals surface area contributed by atoms with Gasteiger partial charge in [-0.2, -0.15) is 0 Å². The number of carbonyl (C=O) groups is 1. The van der Waals surface area contributed by atoms with Crippen LogP contribution in [0.25, 0.3) is 0 Å². The maximum atomic E-state index is 10.6. The predicted molar refractivity (Wildman–Crippen MR) is 138 cm³/mol. The Morgan fingerprint density at radius 3 is 2.21 bits per heavy atom. The standard InChI is InChI=1S/C30H41NO2/c1-2-3-4-5-7-16-23-28-29(24-17-8-6-9-18-25-32)33-31(27-21-14-11-15-22-27)30(28)26-19-12-10-13-20-26/h10-16,19-23,25,28-30H,2-9,17-18,24H2,1H3/b23-16+/t28-,29-,30-/m1/s1. The third kappa shape index (κ3) is 7.85. The fourth-order valence-corrected chi connectivity index (χ4v) is 4.79. The molecule has 2 aromatic rings. The average Bonchev–Trinajstić information content (AvgIpc) is 3.23. The molecule has 1 fully saturated rings. The van der Waals surface area contributed by atoms with Gasteiger partial charge in [-0.25, -0.2) is 5.06 Å². The van der Waals surface area contributed by atoms with Crippen molar-refractivity contribution in [2.45, 2.75) is 89.7 Å². The maximum Gasteiger partial charge on any atom is 0.119 e. The quantitative estimate of drug-likeness (QED) is 0.156. The van der Waals surface area contributed by atoms with Gasteiger partial charge in [0, 0.05) is 12.3 Å². The highest BCUT2D eigenvalue weighted by molar-refractivity contribution is 5.49. The van der Waals surface area contributed by atoms with Crippen molar-refractivity contribution in [2.24, 2.45) is 5.92 Å². The first kappa shape index (κ1) is 25.2. The van der Waals surface area contributed by atoms with Gasteiger partial charge in [-0.3, -0.25) is 4.84 Å². The molecule has 178 valence electrons. The first-order chi connectivity index (χ1) is 16.3. The van der Waals surface area contributed by atoms with Crippen molar-refractivity contribution in [1.82, 2.24) is 0 Å². The number of carbonyl (C=O) groups excluding carboxylic acids is 1. The van der Waals surface area contributed by atoms with Gasteiger partial charge in [-0.1, -0.05) is 106 Å². The predicted octanol–water partition coefficient (Wildman–Crippen LogP) is 8.23. The topological polar surface area (TPSA) is 29.5 Å². The van der Waals surface area contributed by atoms with Crippen molar-refractivity contribution >= 4 is 12.0 Å². The SMILES string of the molecule is CCCCCC/C=C/[C@H]1[C@@H](c2ccccc2)N(c2ccccc2)O[C@@H]1CCCCCCC=O. The van der Waals surface area contributed by atoms with Gasteiger partial charge < -0.3 is 4.79 Å². The molecule has 3 heteroatoms. The monoisotopic (exact) mass is 447 g/mol. The lowest BCUT2D eigenvalue weighted by Crippen LogP contribution is -2.23. The molecule has 0 radical (unpaired) electrons. The first-order valence-corrected chi connectivity index (χ1v) is 13.0. The van der Waals surface area contributed by atoms with E-state index in [2.05, 4.69) is 84.8 Å². The number of rotatable bonds is 15. The van der Waals surface area contributed by atoms with E-state index >= 15 is 0 Å². The van der Waals surface area contributed by atoms with E-state index in [4.69, 9.17) is 4.84 Å². The normalized spacial score (nSPS) is 20.5. The first-order valence-electron chi connectivity index (χ1n) is 13.0. The Morgan fingerprint density at radius 2 is 1.48 bits per heavy atom. The minimum absolute atomic E-state index is 0.161. The molecule has 0 aromatic heterocycles. The molecule has 0 saturated carbocycles. The van der Waals surface area contributed by atoms with Gasteiger partial charge in [0.1, 0.15) is 6.29 Å². The molecule has 0 unspecified atom stereocenters. The van der Waals surface area contributed by atoms with Crippen LogP contribution in [0.5, 0.6) is 0 Å². The minimum atomic E-state index is 0.161. The third-order valence-electron chi connectivity index (χ3n) is 6.59. The van der Waals surface area contributed by atoms with Gasteiger partial charge in [0.25, 0.3) is 0 Å². The summed E-state index contributed by atoms with van der Waals surface area (Å²) in [4.78, 5) is 17.3. The molecular weight excluding hydrogens is 406 g/mol. The summed E-state index contributed by atoms with van der Waals surface area (Å²) >= 11 is 0. The molecule has 2 aromatic carbocycles. The Balaban J connectivity index is 1.77. The van der Waals surface area contributed by atoms with Crippen LogP contribution in [0.15, 0.2) is 72.8 Å². The molecular formula is C30H41NO2. The molecule has 1 aliphatic rings. The Labute approximate surface area is 200 Å². The molecule has 0 aliphatic carbocycles. The zero-order valence-electron chi connectivity index (χ0n) is 20.3. The van der Waals surface area contributed by atoms with Crippen LogP contribution in [-0.4, -0.2) is 12.4 Å². The van der Waals surface area contributed by atoms with E-state index in [1.165, 1.54) is 31.2 Å². The zero-order valence-corrected chi connectivity index (χ0v) is 20.3. The minimum Gasteiger partial charge on any atom is -0.303 e. The second kappa shape index (κ2) is 14.7. The van der Waals surface area contributed by atoms with Crippen molar-refractivity contribution in [3.8, 4) is 0 Å². The van der Waals surface area contributed by atoms with Crippen LogP contribution in [-0.2, 0) is 9.63 Å². The molecule has 1 heterocycles. The van der Waals surface area contributed by atoms with Gasteiger partial charge in [0.05, 0.1) is 17.8 Å². The number of hydrogen-bond donors (Lipinski definition) is 0. The fourth-order valence-electron chi connectivity index (χ4n) is 4.79. The molecule has 3 rings (SSSR count). The summed E-state index contributed by atoms with van der Waals surface area (Å²) in [5, 5.41) is 2.15. The lowest BCUT2D eigenvalue weighted by Gasteiger charge is -2.26. The summed E-state index contributed by atoms with van der Waals surface area (Å²) in [6, 6.07) is 21.5. The highest BCUT2D eigenvalue weighted by Crippen LogP contribution is 2.44. The summed E-state index contributed by atoms with van der Waals surface area (Å²) in [7, 11) is 0. The molecule has 1 aliphatic heterocycles. The number of allylic oxidation sites excluding steroid dienone is 1. The second-order valence-corrected chi connectivity index (χ2v) is 9.17. The van der Waals surface area contributed by atoms with Crippen molar-refractivity contribution in [3.05, 3.63) is 78.4 Å². The van der Waals surface area contributed by atoms with Gasteiger partial charge in [-0.05, 0) is 43.4 Å². The molecule has 1 saturated heterocycles. The van der Waals surface area contributed by atoms with Crippen LogP contribution in [0.3, 0.4) is 0 Å². The fraction of sp³-hybridized carbons (Fsp3) is 0.500. The largest absolute Gasteiger partial charge is 0.303 e. The number of hydroxylamine groups is 1. The van der Waals surface area contributed by atoms with E-state index < -0.39 is 0 Å². The second-order valence-electron chi connectivity index (χ2n) is 9.17. The van der Waals surface area contributed by atoms with Crippen molar-refractivity contribution in [1.29, 1.82) is 0 Å². The lowest BCUT2D eigenvalue weighted by molar-refractivity contribution is -0.107. The Kier molecular flexibility index (Phi) is 11.2. The van der Waals surface area contributed by atoms with E-state index in [0.717, 1.165) is 50.5 Å². The van der Waals surface area contributed by atoms with Gasteiger partial charge in [0.15, 0.2) is 0 Å². The highest BCUT2D eigenvalue weighted by Gasteiger charge is 2.42. The molecule has 0 amide bonds.